The molecule has 2 aromatic carbocycles. The fourth-order valence-electron chi connectivity index (χ4n) is 2.50. The lowest BCUT2D eigenvalue weighted by molar-refractivity contribution is -0.120. The van der Waals surface area contributed by atoms with Gasteiger partial charge in [-0.05, 0) is 43.3 Å². The van der Waals surface area contributed by atoms with E-state index in [-0.39, 0.29) is 17.7 Å². The van der Waals surface area contributed by atoms with Crippen LogP contribution in [0.15, 0.2) is 48.5 Å². The molecule has 0 aliphatic heterocycles. The molecule has 1 N–H and O–H groups in total. The van der Waals surface area contributed by atoms with Gasteiger partial charge in [0, 0.05) is 12.2 Å². The fourth-order valence-corrected chi connectivity index (χ4v) is 2.50. The highest BCUT2D eigenvalue weighted by Gasteiger charge is 2.20. The summed E-state index contributed by atoms with van der Waals surface area (Å²) in [6, 6.07) is 13.9. The zero-order valence-electron chi connectivity index (χ0n) is 14.3. The number of hydrogen-bond donors (Lipinski definition) is 1. The average Bonchev–Trinajstić information content (AvgIpc) is 2.60. The Hall–Kier alpha value is -2.40. The van der Waals surface area contributed by atoms with Crippen LogP contribution in [0.1, 0.15) is 19.4 Å². The van der Waals surface area contributed by atoms with Crippen LogP contribution in [0.5, 0.6) is 5.75 Å². The normalized spacial score (nSPS) is 12.0. The van der Waals surface area contributed by atoms with E-state index in [1.807, 2.05) is 55.1 Å². The standard InChI is InChI=1S/C19H23FN2O2/c1-4-22(13-15-10-11-18(24-3)17(20)12-15)14(2)19(23)21-16-8-6-5-7-9-16/h5-12,14H,4,13H2,1-3H3,(H,21,23)/t14-/m1/s1. The molecular weight excluding hydrogens is 307 g/mol. The summed E-state index contributed by atoms with van der Waals surface area (Å²) in [5.74, 6) is -0.263. The van der Waals surface area contributed by atoms with E-state index in [0.29, 0.717) is 13.1 Å². The SMILES string of the molecule is CCN(Cc1ccc(OC)c(F)c1)[C@H](C)C(=O)Nc1ccccc1. The second kappa shape index (κ2) is 8.45. The highest BCUT2D eigenvalue weighted by Crippen LogP contribution is 2.19. The van der Waals surface area contributed by atoms with Gasteiger partial charge in [-0.25, -0.2) is 4.39 Å². The van der Waals surface area contributed by atoms with Crippen molar-refractivity contribution in [3.05, 3.63) is 59.9 Å². The third kappa shape index (κ3) is 4.55. The van der Waals surface area contributed by atoms with Crippen molar-refractivity contribution >= 4 is 11.6 Å². The van der Waals surface area contributed by atoms with Gasteiger partial charge in [-0.15, -0.1) is 0 Å². The molecule has 0 saturated carbocycles. The monoisotopic (exact) mass is 330 g/mol. The van der Waals surface area contributed by atoms with Crippen molar-refractivity contribution in [2.45, 2.75) is 26.4 Å². The number of anilines is 1. The summed E-state index contributed by atoms with van der Waals surface area (Å²) in [6.45, 7) is 4.99. The highest BCUT2D eigenvalue weighted by atomic mass is 19.1. The Morgan fingerprint density at radius 3 is 2.54 bits per heavy atom. The molecule has 24 heavy (non-hydrogen) atoms. The van der Waals surface area contributed by atoms with Gasteiger partial charge in [0.25, 0.3) is 0 Å². The van der Waals surface area contributed by atoms with Crippen molar-refractivity contribution in [3.8, 4) is 5.75 Å². The van der Waals surface area contributed by atoms with E-state index in [1.165, 1.54) is 13.2 Å². The van der Waals surface area contributed by atoms with E-state index in [1.54, 1.807) is 6.07 Å². The predicted molar refractivity (Wildman–Crippen MR) is 93.6 cm³/mol. The number of hydrogen-bond acceptors (Lipinski definition) is 3. The molecule has 2 rings (SSSR count). The van der Waals surface area contributed by atoms with Crippen molar-refractivity contribution in [2.24, 2.45) is 0 Å². The summed E-state index contributed by atoms with van der Waals surface area (Å²) in [7, 11) is 1.44. The smallest absolute Gasteiger partial charge is 0.241 e. The van der Waals surface area contributed by atoms with Gasteiger partial charge < -0.3 is 10.1 Å². The van der Waals surface area contributed by atoms with Gasteiger partial charge in [-0.2, -0.15) is 0 Å². The van der Waals surface area contributed by atoms with Crippen LogP contribution in [0.4, 0.5) is 10.1 Å². The molecule has 1 atom stereocenters. The number of benzene rings is 2. The predicted octanol–water partition coefficient (Wildman–Crippen LogP) is 3.68. The molecule has 0 aliphatic rings. The van der Waals surface area contributed by atoms with Gasteiger partial charge in [-0.3, -0.25) is 9.69 Å². The molecule has 0 saturated heterocycles. The zero-order chi connectivity index (χ0) is 17.5. The Morgan fingerprint density at radius 1 is 1.25 bits per heavy atom. The van der Waals surface area contributed by atoms with Crippen molar-refractivity contribution < 1.29 is 13.9 Å². The molecule has 0 bridgehead atoms. The molecule has 0 radical (unpaired) electrons. The van der Waals surface area contributed by atoms with Crippen LogP contribution >= 0.6 is 0 Å². The summed E-state index contributed by atoms with van der Waals surface area (Å²) in [5.41, 5.74) is 1.57. The van der Waals surface area contributed by atoms with Crippen molar-refractivity contribution in [1.82, 2.24) is 4.90 Å². The van der Waals surface area contributed by atoms with Crippen molar-refractivity contribution in [1.29, 1.82) is 0 Å². The first-order valence-electron chi connectivity index (χ1n) is 7.97. The average molecular weight is 330 g/mol. The van der Waals surface area contributed by atoms with Gasteiger partial charge in [0.15, 0.2) is 11.6 Å². The minimum atomic E-state index is -0.396. The number of likely N-dealkylation sites (N-methyl/N-ethyl adjacent to an activating group) is 1. The van der Waals surface area contributed by atoms with Crippen LogP contribution in [-0.2, 0) is 11.3 Å². The van der Waals surface area contributed by atoms with Crippen molar-refractivity contribution in [3.63, 3.8) is 0 Å². The summed E-state index contributed by atoms with van der Waals surface area (Å²) < 4.78 is 18.8. The quantitative estimate of drug-likeness (QED) is 0.842. The number of amides is 1. The Kier molecular flexibility index (Phi) is 6.32. The van der Waals surface area contributed by atoms with Crippen LogP contribution in [0.2, 0.25) is 0 Å². The summed E-state index contributed by atoms with van der Waals surface area (Å²) in [6.07, 6.45) is 0. The van der Waals surface area contributed by atoms with E-state index in [2.05, 4.69) is 5.32 Å². The molecule has 0 unspecified atom stereocenters. The highest BCUT2D eigenvalue weighted by molar-refractivity contribution is 5.94. The molecule has 2 aromatic rings. The largest absolute Gasteiger partial charge is 0.494 e. The lowest BCUT2D eigenvalue weighted by Crippen LogP contribution is -2.41. The van der Waals surface area contributed by atoms with Crippen LogP contribution in [-0.4, -0.2) is 30.5 Å². The lowest BCUT2D eigenvalue weighted by atomic mass is 10.1. The number of nitrogens with zero attached hydrogens (tertiary/aromatic N) is 1. The number of carbonyl (C=O) groups excluding carboxylic acids is 1. The lowest BCUT2D eigenvalue weighted by Gasteiger charge is -2.27. The second-order valence-corrected chi connectivity index (χ2v) is 5.56. The maximum Gasteiger partial charge on any atom is 0.241 e. The minimum absolute atomic E-state index is 0.0861. The van der Waals surface area contributed by atoms with E-state index >= 15 is 0 Å². The van der Waals surface area contributed by atoms with E-state index in [0.717, 1.165) is 11.3 Å². The Balaban J connectivity index is 2.04. The van der Waals surface area contributed by atoms with Crippen LogP contribution in [0, 0.1) is 5.82 Å². The van der Waals surface area contributed by atoms with E-state index < -0.39 is 5.82 Å². The Morgan fingerprint density at radius 2 is 1.96 bits per heavy atom. The fraction of sp³-hybridized carbons (Fsp3) is 0.316. The number of methoxy groups -OCH3 is 1. The number of para-hydroxylation sites is 1. The minimum Gasteiger partial charge on any atom is -0.494 e. The van der Waals surface area contributed by atoms with Crippen LogP contribution in [0.3, 0.4) is 0 Å². The molecule has 0 aromatic heterocycles. The number of carbonyl (C=O) groups is 1. The number of halogens is 1. The summed E-state index contributed by atoms with van der Waals surface area (Å²) in [5, 5.41) is 2.90. The Bertz CT molecular complexity index is 676. The van der Waals surface area contributed by atoms with Gasteiger partial charge in [0.05, 0.1) is 13.2 Å². The van der Waals surface area contributed by atoms with Gasteiger partial charge in [-0.1, -0.05) is 31.2 Å². The first-order valence-corrected chi connectivity index (χ1v) is 7.97. The molecular formula is C19H23FN2O2. The second-order valence-electron chi connectivity index (χ2n) is 5.56. The topological polar surface area (TPSA) is 41.6 Å². The molecule has 1 amide bonds. The number of ether oxygens (including phenoxy) is 1. The van der Waals surface area contributed by atoms with Gasteiger partial charge >= 0.3 is 0 Å². The number of rotatable bonds is 7. The van der Waals surface area contributed by atoms with E-state index in [9.17, 15) is 9.18 Å². The summed E-state index contributed by atoms with van der Waals surface area (Å²) >= 11 is 0. The van der Waals surface area contributed by atoms with Crippen LogP contribution < -0.4 is 10.1 Å². The van der Waals surface area contributed by atoms with E-state index in [4.69, 9.17) is 4.74 Å². The van der Waals surface area contributed by atoms with Gasteiger partial charge in [0.1, 0.15) is 0 Å². The van der Waals surface area contributed by atoms with Crippen molar-refractivity contribution in [2.75, 3.05) is 19.0 Å². The van der Waals surface area contributed by atoms with Gasteiger partial charge in [0.2, 0.25) is 5.91 Å². The summed E-state index contributed by atoms with van der Waals surface area (Å²) in [4.78, 5) is 14.4. The zero-order valence-corrected chi connectivity index (χ0v) is 14.3. The Labute approximate surface area is 142 Å². The molecule has 128 valence electrons. The first kappa shape index (κ1) is 17.9. The third-order valence-corrected chi connectivity index (χ3v) is 3.98. The molecule has 5 heteroatoms. The molecule has 0 spiro atoms. The molecule has 4 nitrogen and oxygen atoms in total. The third-order valence-electron chi connectivity index (χ3n) is 3.98. The molecule has 0 aliphatic carbocycles. The first-order chi connectivity index (χ1) is 11.5. The molecule has 0 fully saturated rings. The maximum atomic E-state index is 13.8. The van der Waals surface area contributed by atoms with Crippen LogP contribution in [0.25, 0.3) is 0 Å². The molecule has 0 heterocycles. The number of nitrogens with one attached hydrogen (secondary N) is 1. The maximum absolute atomic E-state index is 13.8.